The van der Waals surface area contributed by atoms with Crippen molar-refractivity contribution in [3.8, 4) is 0 Å². The maximum Gasteiger partial charge on any atom is 0.272 e. The predicted octanol–water partition coefficient (Wildman–Crippen LogP) is 3.83. The summed E-state index contributed by atoms with van der Waals surface area (Å²) >= 11 is 6.09. The molecule has 0 unspecified atom stereocenters. The number of rotatable bonds is 4. The molecule has 2 aromatic rings. The lowest BCUT2D eigenvalue weighted by Gasteiger charge is -2.18. The number of nitrogens with zero attached hydrogens (tertiary/aromatic N) is 2. The molecule has 0 aliphatic heterocycles. The molecule has 2 aromatic carbocycles. The number of carbonyl (C=O) groups excluding carboxylic acids is 1. The number of halogens is 1. The van der Waals surface area contributed by atoms with E-state index in [0.29, 0.717) is 22.7 Å². The first-order chi connectivity index (χ1) is 10.4. The zero-order valence-electron chi connectivity index (χ0n) is 12.2. The molecule has 22 heavy (non-hydrogen) atoms. The van der Waals surface area contributed by atoms with Crippen molar-refractivity contribution < 1.29 is 9.72 Å². The Bertz CT molecular complexity index is 731. The van der Waals surface area contributed by atoms with Crippen LogP contribution in [-0.4, -0.2) is 22.8 Å². The first-order valence-corrected chi connectivity index (χ1v) is 7.02. The van der Waals surface area contributed by atoms with Crippen LogP contribution in [0.4, 0.5) is 5.69 Å². The van der Waals surface area contributed by atoms with Crippen molar-refractivity contribution in [3.63, 3.8) is 0 Å². The summed E-state index contributed by atoms with van der Waals surface area (Å²) in [6, 6.07) is 11.7. The molecule has 0 heterocycles. The first kappa shape index (κ1) is 16.0. The molecule has 0 N–H and O–H groups in total. The molecule has 0 fully saturated rings. The fourth-order valence-electron chi connectivity index (χ4n) is 2.17. The maximum atomic E-state index is 12.4. The number of carbonyl (C=O) groups is 1. The van der Waals surface area contributed by atoms with Crippen LogP contribution in [0, 0.1) is 17.0 Å². The molecule has 114 valence electrons. The highest BCUT2D eigenvalue weighted by Gasteiger charge is 2.17. The molecule has 0 bridgehead atoms. The summed E-state index contributed by atoms with van der Waals surface area (Å²) in [6.45, 7) is 1.98. The molecular formula is C16H15ClN2O3. The lowest BCUT2D eigenvalue weighted by atomic mass is 10.1. The van der Waals surface area contributed by atoms with Crippen molar-refractivity contribution >= 4 is 23.2 Å². The van der Waals surface area contributed by atoms with Crippen LogP contribution in [0.2, 0.25) is 5.02 Å². The first-order valence-electron chi connectivity index (χ1n) is 6.64. The highest BCUT2D eigenvalue weighted by atomic mass is 35.5. The summed E-state index contributed by atoms with van der Waals surface area (Å²) in [6.07, 6.45) is 0. The molecule has 0 atom stereocenters. The third kappa shape index (κ3) is 3.43. The zero-order chi connectivity index (χ0) is 16.3. The number of nitro groups is 1. The summed E-state index contributed by atoms with van der Waals surface area (Å²) in [4.78, 5) is 24.3. The Morgan fingerprint density at radius 3 is 2.55 bits per heavy atom. The number of nitro benzene ring substituents is 1. The van der Waals surface area contributed by atoms with Crippen LogP contribution in [0.15, 0.2) is 42.5 Å². The van der Waals surface area contributed by atoms with Crippen LogP contribution in [0.3, 0.4) is 0 Å². The van der Waals surface area contributed by atoms with E-state index in [1.54, 1.807) is 20.0 Å². The van der Waals surface area contributed by atoms with Crippen molar-refractivity contribution in [2.45, 2.75) is 13.5 Å². The lowest BCUT2D eigenvalue weighted by molar-refractivity contribution is -0.385. The molecule has 0 aliphatic rings. The minimum atomic E-state index is -0.461. The van der Waals surface area contributed by atoms with Crippen molar-refractivity contribution in [1.29, 1.82) is 0 Å². The van der Waals surface area contributed by atoms with Crippen LogP contribution >= 0.6 is 11.6 Å². The van der Waals surface area contributed by atoms with Crippen molar-refractivity contribution in [3.05, 3.63) is 74.3 Å². The standard InChI is InChI=1S/C16H15ClN2O3/c1-11-9-12(7-8-15(11)19(21)22)16(20)18(2)10-13-5-3-4-6-14(13)17/h3-9H,10H2,1-2H3. The molecule has 0 aromatic heterocycles. The second-order valence-corrected chi connectivity index (χ2v) is 5.42. The second-order valence-electron chi connectivity index (χ2n) is 5.01. The van der Waals surface area contributed by atoms with E-state index in [-0.39, 0.29) is 11.6 Å². The van der Waals surface area contributed by atoms with Gasteiger partial charge in [-0.1, -0.05) is 29.8 Å². The average molecular weight is 319 g/mol. The molecule has 0 radical (unpaired) electrons. The van der Waals surface area contributed by atoms with Crippen LogP contribution in [0.25, 0.3) is 0 Å². The highest BCUT2D eigenvalue weighted by Crippen LogP contribution is 2.21. The quantitative estimate of drug-likeness (QED) is 0.635. The number of aryl methyl sites for hydroxylation is 1. The fraction of sp³-hybridized carbons (Fsp3) is 0.188. The van der Waals surface area contributed by atoms with Gasteiger partial charge in [-0.3, -0.25) is 14.9 Å². The Morgan fingerprint density at radius 2 is 1.95 bits per heavy atom. The predicted molar refractivity (Wildman–Crippen MR) is 85.1 cm³/mol. The Kier molecular flexibility index (Phi) is 4.78. The van der Waals surface area contributed by atoms with Gasteiger partial charge in [-0.15, -0.1) is 0 Å². The number of hydrogen-bond donors (Lipinski definition) is 0. The molecule has 5 nitrogen and oxygen atoms in total. The van der Waals surface area contributed by atoms with Crippen LogP contribution < -0.4 is 0 Å². The van der Waals surface area contributed by atoms with E-state index in [4.69, 9.17) is 11.6 Å². The lowest BCUT2D eigenvalue weighted by Crippen LogP contribution is -2.26. The van der Waals surface area contributed by atoms with Crippen molar-refractivity contribution in [2.24, 2.45) is 0 Å². The summed E-state index contributed by atoms with van der Waals surface area (Å²) in [7, 11) is 1.67. The molecule has 1 amide bonds. The van der Waals surface area contributed by atoms with E-state index >= 15 is 0 Å². The van der Waals surface area contributed by atoms with Gasteiger partial charge in [0.05, 0.1) is 4.92 Å². The Hall–Kier alpha value is -2.40. The van der Waals surface area contributed by atoms with E-state index in [1.165, 1.54) is 23.1 Å². The maximum absolute atomic E-state index is 12.4. The number of benzene rings is 2. The van der Waals surface area contributed by atoms with Crippen molar-refractivity contribution in [1.82, 2.24) is 4.90 Å². The molecule has 0 aliphatic carbocycles. The molecular weight excluding hydrogens is 304 g/mol. The smallest absolute Gasteiger partial charge is 0.272 e. The summed E-state index contributed by atoms with van der Waals surface area (Å²) in [5.74, 6) is -0.210. The molecule has 0 saturated carbocycles. The molecule has 0 spiro atoms. The van der Waals surface area contributed by atoms with E-state index in [2.05, 4.69) is 0 Å². The Balaban J connectivity index is 2.19. The Labute approximate surface area is 133 Å². The minimum absolute atomic E-state index is 0.00491. The van der Waals surface area contributed by atoms with Crippen LogP contribution in [0.5, 0.6) is 0 Å². The van der Waals surface area contributed by atoms with Gasteiger partial charge in [0.25, 0.3) is 11.6 Å². The van der Waals surface area contributed by atoms with Gasteiger partial charge in [0.2, 0.25) is 0 Å². The van der Waals surface area contributed by atoms with Gasteiger partial charge >= 0.3 is 0 Å². The number of amides is 1. The summed E-state index contributed by atoms with van der Waals surface area (Å²) in [5, 5.41) is 11.4. The van der Waals surface area contributed by atoms with Gasteiger partial charge in [-0.25, -0.2) is 0 Å². The van der Waals surface area contributed by atoms with E-state index < -0.39 is 4.92 Å². The second kappa shape index (κ2) is 6.58. The monoisotopic (exact) mass is 318 g/mol. The van der Waals surface area contributed by atoms with E-state index in [1.807, 2.05) is 18.2 Å². The average Bonchev–Trinajstić information content (AvgIpc) is 2.48. The molecule has 6 heteroatoms. The zero-order valence-corrected chi connectivity index (χ0v) is 13.0. The van der Waals surface area contributed by atoms with Gasteiger partial charge in [0.15, 0.2) is 0 Å². The molecule has 2 rings (SSSR count). The summed E-state index contributed by atoms with van der Waals surface area (Å²) in [5.41, 5.74) is 1.73. The normalized spacial score (nSPS) is 10.3. The van der Waals surface area contributed by atoms with E-state index in [9.17, 15) is 14.9 Å². The van der Waals surface area contributed by atoms with Crippen molar-refractivity contribution in [2.75, 3.05) is 7.05 Å². The third-order valence-corrected chi connectivity index (χ3v) is 3.72. The van der Waals surface area contributed by atoms with Gasteiger partial charge < -0.3 is 4.90 Å². The SMILES string of the molecule is Cc1cc(C(=O)N(C)Cc2ccccc2Cl)ccc1[N+](=O)[O-]. The van der Waals surface area contributed by atoms with Gasteiger partial charge in [0, 0.05) is 35.8 Å². The topological polar surface area (TPSA) is 63.5 Å². The van der Waals surface area contributed by atoms with Gasteiger partial charge in [-0.2, -0.15) is 0 Å². The van der Waals surface area contributed by atoms with Crippen LogP contribution in [0.1, 0.15) is 21.5 Å². The highest BCUT2D eigenvalue weighted by molar-refractivity contribution is 6.31. The van der Waals surface area contributed by atoms with E-state index in [0.717, 1.165) is 5.56 Å². The third-order valence-electron chi connectivity index (χ3n) is 3.35. The van der Waals surface area contributed by atoms with Crippen LogP contribution in [-0.2, 0) is 6.54 Å². The van der Waals surface area contributed by atoms with Gasteiger partial charge in [-0.05, 0) is 30.7 Å². The number of hydrogen-bond acceptors (Lipinski definition) is 3. The summed E-state index contributed by atoms with van der Waals surface area (Å²) < 4.78 is 0. The minimum Gasteiger partial charge on any atom is -0.337 e. The van der Waals surface area contributed by atoms with Gasteiger partial charge in [0.1, 0.15) is 0 Å². The molecule has 0 saturated heterocycles. The largest absolute Gasteiger partial charge is 0.337 e. The fourth-order valence-corrected chi connectivity index (χ4v) is 2.36. The Morgan fingerprint density at radius 1 is 1.27 bits per heavy atom.